The summed E-state index contributed by atoms with van der Waals surface area (Å²) in [6.07, 6.45) is -0.251. The minimum absolute atomic E-state index is 0.251. The maximum atomic E-state index is 11.8. The van der Waals surface area contributed by atoms with Gasteiger partial charge < -0.3 is 15.4 Å². The summed E-state index contributed by atoms with van der Waals surface area (Å²) < 4.78 is 5.89. The molecule has 0 unspecified atom stereocenters. The van der Waals surface area contributed by atoms with Crippen molar-refractivity contribution in [2.75, 3.05) is 17.7 Å². The van der Waals surface area contributed by atoms with Crippen molar-refractivity contribution in [3.8, 4) is 5.75 Å². The minimum Gasteiger partial charge on any atom is -0.497 e. The Hall–Kier alpha value is -2.34. The highest BCUT2D eigenvalue weighted by Gasteiger charge is 2.10. The number of nitrogens with one attached hydrogen (secondary N) is 2. The smallest absolute Gasteiger partial charge is 0.233 e. The summed E-state index contributed by atoms with van der Waals surface area (Å²) in [4.78, 5) is 23.6. The van der Waals surface area contributed by atoms with Crippen molar-refractivity contribution < 1.29 is 14.3 Å². The highest BCUT2D eigenvalue weighted by molar-refractivity contribution is 9.10. The van der Waals surface area contributed by atoms with E-state index in [9.17, 15) is 9.59 Å². The molecule has 0 saturated heterocycles. The van der Waals surface area contributed by atoms with Crippen LogP contribution >= 0.6 is 15.9 Å². The number of ether oxygens (including phenoxy) is 1. The summed E-state index contributed by atoms with van der Waals surface area (Å²) in [5.41, 5.74) is 1.25. The van der Waals surface area contributed by atoms with E-state index in [2.05, 4.69) is 26.6 Å². The van der Waals surface area contributed by atoms with Gasteiger partial charge in [0.15, 0.2) is 0 Å². The Labute approximate surface area is 136 Å². The molecule has 0 heterocycles. The Morgan fingerprint density at radius 2 is 1.64 bits per heavy atom. The van der Waals surface area contributed by atoms with Gasteiger partial charge in [0.1, 0.15) is 12.2 Å². The largest absolute Gasteiger partial charge is 0.497 e. The SMILES string of the molecule is COc1ccc(NC(=O)CC(=O)Nc2cccc(Br)c2)cc1. The summed E-state index contributed by atoms with van der Waals surface area (Å²) in [5, 5.41) is 5.32. The third-order valence-corrected chi connectivity index (χ3v) is 3.30. The van der Waals surface area contributed by atoms with Crippen molar-refractivity contribution in [3.63, 3.8) is 0 Å². The van der Waals surface area contributed by atoms with Crippen molar-refractivity contribution in [2.45, 2.75) is 6.42 Å². The number of methoxy groups -OCH3 is 1. The number of halogens is 1. The third kappa shape index (κ3) is 4.89. The third-order valence-electron chi connectivity index (χ3n) is 2.80. The normalized spacial score (nSPS) is 9.91. The van der Waals surface area contributed by atoms with Gasteiger partial charge in [-0.05, 0) is 42.5 Å². The molecule has 0 aliphatic carbocycles. The zero-order valence-electron chi connectivity index (χ0n) is 11.9. The van der Waals surface area contributed by atoms with Crippen LogP contribution in [-0.2, 0) is 9.59 Å². The molecule has 0 fully saturated rings. The number of amides is 2. The molecular formula is C16H15BrN2O3. The van der Waals surface area contributed by atoms with E-state index in [4.69, 9.17) is 4.74 Å². The van der Waals surface area contributed by atoms with Crippen molar-refractivity contribution in [1.82, 2.24) is 0 Å². The molecule has 114 valence electrons. The molecule has 2 N–H and O–H groups in total. The van der Waals surface area contributed by atoms with Gasteiger partial charge in [-0.25, -0.2) is 0 Å². The lowest BCUT2D eigenvalue weighted by Gasteiger charge is -2.07. The molecule has 0 aliphatic heterocycles. The first-order valence-corrected chi connectivity index (χ1v) is 7.35. The number of rotatable bonds is 5. The molecule has 2 amide bonds. The summed E-state index contributed by atoms with van der Waals surface area (Å²) in [7, 11) is 1.57. The van der Waals surface area contributed by atoms with Crippen LogP contribution < -0.4 is 15.4 Å². The molecule has 0 aliphatic rings. The number of hydrogen-bond donors (Lipinski definition) is 2. The summed E-state index contributed by atoms with van der Waals surface area (Å²) in [6, 6.07) is 14.1. The Morgan fingerprint density at radius 1 is 1.00 bits per heavy atom. The minimum atomic E-state index is -0.377. The van der Waals surface area contributed by atoms with Gasteiger partial charge in [-0.2, -0.15) is 0 Å². The molecular weight excluding hydrogens is 348 g/mol. The van der Waals surface area contributed by atoms with E-state index in [0.29, 0.717) is 17.1 Å². The van der Waals surface area contributed by atoms with Crippen LogP contribution in [-0.4, -0.2) is 18.9 Å². The molecule has 0 radical (unpaired) electrons. The quantitative estimate of drug-likeness (QED) is 0.800. The molecule has 0 bridgehead atoms. The molecule has 2 aromatic rings. The van der Waals surface area contributed by atoms with Crippen molar-refractivity contribution in [1.29, 1.82) is 0 Å². The average Bonchev–Trinajstić information content (AvgIpc) is 2.47. The van der Waals surface area contributed by atoms with Crippen molar-refractivity contribution >= 4 is 39.1 Å². The predicted molar refractivity (Wildman–Crippen MR) is 89.0 cm³/mol. The summed E-state index contributed by atoms with van der Waals surface area (Å²) in [6.45, 7) is 0. The zero-order chi connectivity index (χ0) is 15.9. The molecule has 0 aromatic heterocycles. The molecule has 0 spiro atoms. The average molecular weight is 363 g/mol. The summed E-state index contributed by atoms with van der Waals surface area (Å²) in [5.74, 6) is -0.0489. The van der Waals surface area contributed by atoms with Gasteiger partial charge >= 0.3 is 0 Å². The fourth-order valence-corrected chi connectivity index (χ4v) is 2.20. The van der Waals surface area contributed by atoms with Gasteiger partial charge in [-0.15, -0.1) is 0 Å². The molecule has 6 heteroatoms. The lowest BCUT2D eigenvalue weighted by molar-refractivity contribution is -0.123. The van der Waals surface area contributed by atoms with E-state index in [-0.39, 0.29) is 18.2 Å². The lowest BCUT2D eigenvalue weighted by atomic mass is 10.2. The highest BCUT2D eigenvalue weighted by Crippen LogP contribution is 2.17. The van der Waals surface area contributed by atoms with Crippen LogP contribution in [0.5, 0.6) is 5.75 Å². The molecule has 0 atom stereocenters. The second kappa shape index (κ2) is 7.61. The van der Waals surface area contributed by atoms with E-state index in [1.807, 2.05) is 6.07 Å². The molecule has 22 heavy (non-hydrogen) atoms. The van der Waals surface area contributed by atoms with Crippen LogP contribution in [0.2, 0.25) is 0 Å². The first-order chi connectivity index (χ1) is 10.6. The van der Waals surface area contributed by atoms with E-state index >= 15 is 0 Å². The van der Waals surface area contributed by atoms with Gasteiger partial charge in [-0.3, -0.25) is 9.59 Å². The number of anilines is 2. The van der Waals surface area contributed by atoms with E-state index in [0.717, 1.165) is 4.47 Å². The number of hydrogen-bond acceptors (Lipinski definition) is 3. The Morgan fingerprint density at radius 3 is 2.23 bits per heavy atom. The number of carbonyl (C=O) groups excluding carboxylic acids is 2. The monoisotopic (exact) mass is 362 g/mol. The maximum absolute atomic E-state index is 11.8. The standard InChI is InChI=1S/C16H15BrN2O3/c1-22-14-7-5-12(6-8-14)18-15(20)10-16(21)19-13-4-2-3-11(17)9-13/h2-9H,10H2,1H3,(H,18,20)(H,19,21). The van der Waals surface area contributed by atoms with Crippen LogP contribution in [0.1, 0.15) is 6.42 Å². The van der Waals surface area contributed by atoms with Crippen molar-refractivity contribution in [3.05, 3.63) is 53.0 Å². The maximum Gasteiger partial charge on any atom is 0.233 e. The number of carbonyl (C=O) groups is 2. The van der Waals surface area contributed by atoms with Crippen LogP contribution in [0.4, 0.5) is 11.4 Å². The Kier molecular flexibility index (Phi) is 5.55. The van der Waals surface area contributed by atoms with E-state index in [1.54, 1.807) is 49.6 Å². The van der Waals surface area contributed by atoms with Crippen LogP contribution in [0.3, 0.4) is 0 Å². The van der Waals surface area contributed by atoms with Gasteiger partial charge in [0.2, 0.25) is 11.8 Å². The predicted octanol–water partition coefficient (Wildman–Crippen LogP) is 3.43. The van der Waals surface area contributed by atoms with Gasteiger partial charge in [0, 0.05) is 15.8 Å². The Bertz CT molecular complexity index is 671. The second-order valence-corrected chi connectivity index (χ2v) is 5.43. The highest BCUT2D eigenvalue weighted by atomic mass is 79.9. The fourth-order valence-electron chi connectivity index (χ4n) is 1.80. The molecule has 2 aromatic carbocycles. The summed E-state index contributed by atoms with van der Waals surface area (Å²) >= 11 is 3.32. The topological polar surface area (TPSA) is 67.4 Å². The van der Waals surface area contributed by atoms with Gasteiger partial charge in [0.05, 0.1) is 7.11 Å². The molecule has 5 nitrogen and oxygen atoms in total. The molecule has 0 saturated carbocycles. The first-order valence-electron chi connectivity index (χ1n) is 6.56. The number of benzene rings is 2. The van der Waals surface area contributed by atoms with Crippen molar-refractivity contribution in [2.24, 2.45) is 0 Å². The lowest BCUT2D eigenvalue weighted by Crippen LogP contribution is -2.21. The van der Waals surface area contributed by atoms with Crippen LogP contribution in [0.15, 0.2) is 53.0 Å². The molecule has 2 rings (SSSR count). The van der Waals surface area contributed by atoms with Gasteiger partial charge in [-0.1, -0.05) is 22.0 Å². The van der Waals surface area contributed by atoms with Crippen LogP contribution in [0.25, 0.3) is 0 Å². The van der Waals surface area contributed by atoms with E-state index < -0.39 is 0 Å². The second-order valence-electron chi connectivity index (χ2n) is 4.51. The first kappa shape index (κ1) is 16.0. The Balaban J connectivity index is 1.86. The van der Waals surface area contributed by atoms with Crippen LogP contribution in [0, 0.1) is 0 Å². The van der Waals surface area contributed by atoms with Gasteiger partial charge in [0.25, 0.3) is 0 Å². The zero-order valence-corrected chi connectivity index (χ0v) is 13.5. The fraction of sp³-hybridized carbons (Fsp3) is 0.125. The van der Waals surface area contributed by atoms with E-state index in [1.165, 1.54) is 0 Å².